The van der Waals surface area contributed by atoms with Crippen LogP contribution >= 0.6 is 0 Å². The van der Waals surface area contributed by atoms with Gasteiger partial charge in [-0.2, -0.15) is 4.57 Å². The van der Waals surface area contributed by atoms with E-state index in [0.717, 1.165) is 50.5 Å². The number of hydrogen-bond acceptors (Lipinski definition) is 3. The lowest BCUT2D eigenvalue weighted by molar-refractivity contribution is -0.590. The summed E-state index contributed by atoms with van der Waals surface area (Å²) in [6.45, 7) is 0. The van der Waals surface area contributed by atoms with E-state index in [1.807, 2.05) is 102 Å². The second-order valence-corrected chi connectivity index (χ2v) is 11.2. The zero-order valence-electron chi connectivity index (χ0n) is 24.4. The van der Waals surface area contributed by atoms with Crippen molar-refractivity contribution in [1.29, 1.82) is 0 Å². The summed E-state index contributed by atoms with van der Waals surface area (Å²) >= 11 is 0. The van der Waals surface area contributed by atoms with Gasteiger partial charge in [0.1, 0.15) is 5.69 Å². The fourth-order valence-corrected chi connectivity index (χ4v) is 6.71. The van der Waals surface area contributed by atoms with Crippen LogP contribution < -0.4 is 4.57 Å². The highest BCUT2D eigenvalue weighted by Gasteiger charge is 2.46. The van der Waals surface area contributed by atoms with E-state index in [4.69, 9.17) is 9.97 Å². The normalized spacial score (nSPS) is 13.1. The number of hydrogen-bond donors (Lipinski definition) is 0. The number of carbonyl (C=O) groups is 1. The molecule has 0 unspecified atom stereocenters. The molecule has 45 heavy (non-hydrogen) atoms. The van der Waals surface area contributed by atoms with Gasteiger partial charge in [-0.1, -0.05) is 131 Å². The third-order valence-corrected chi connectivity index (χ3v) is 8.72. The third kappa shape index (κ3) is 4.30. The molecular weight excluding hydrogens is 550 g/mol. The van der Waals surface area contributed by atoms with Gasteiger partial charge in [0.25, 0.3) is 5.82 Å². The van der Waals surface area contributed by atoms with Crippen LogP contribution in [0.3, 0.4) is 0 Å². The average Bonchev–Trinajstić information content (AvgIpc) is 3.13. The van der Waals surface area contributed by atoms with Crippen LogP contribution in [0.25, 0.3) is 28.5 Å². The molecule has 0 radical (unpaired) electrons. The summed E-state index contributed by atoms with van der Waals surface area (Å²) in [4.78, 5) is 24.1. The molecule has 0 saturated heterocycles. The molecular formula is C41H28N3O+. The van der Waals surface area contributed by atoms with Gasteiger partial charge in [-0.3, -0.25) is 4.79 Å². The summed E-state index contributed by atoms with van der Waals surface area (Å²) in [7, 11) is 0. The van der Waals surface area contributed by atoms with Crippen LogP contribution in [0, 0.1) is 0 Å². The number of carbonyl (C=O) groups excluding carboxylic acids is 1. The van der Waals surface area contributed by atoms with Gasteiger partial charge in [-0.15, -0.1) is 0 Å². The SMILES string of the molecule is O=C1c2ccccc2C(c2ccccc2)(c2ccccc2)c2cc(-[n+]3cnc(-c4ccccc4)nc3-c3ccccc3)ccc21. The second kappa shape index (κ2) is 10.9. The van der Waals surface area contributed by atoms with E-state index in [1.54, 1.807) is 0 Å². The fraction of sp³-hybridized carbons (Fsp3) is 0.0244. The molecule has 0 bridgehead atoms. The van der Waals surface area contributed by atoms with Crippen molar-refractivity contribution in [2.45, 2.75) is 5.41 Å². The van der Waals surface area contributed by atoms with E-state index in [1.165, 1.54) is 0 Å². The van der Waals surface area contributed by atoms with Gasteiger partial charge in [0.2, 0.25) is 6.33 Å². The van der Waals surface area contributed by atoms with Crippen LogP contribution in [0.2, 0.25) is 0 Å². The summed E-state index contributed by atoms with van der Waals surface area (Å²) in [5.41, 5.74) is 7.56. The Morgan fingerprint density at radius 1 is 0.511 bits per heavy atom. The first-order valence-electron chi connectivity index (χ1n) is 15.0. The number of aromatic nitrogens is 3. The number of benzene rings is 6. The molecule has 0 aliphatic heterocycles. The maximum Gasteiger partial charge on any atom is 0.307 e. The largest absolute Gasteiger partial charge is 0.307 e. The first-order valence-corrected chi connectivity index (χ1v) is 15.0. The lowest BCUT2D eigenvalue weighted by Crippen LogP contribution is -2.40. The Hall–Kier alpha value is -6.00. The molecule has 6 aromatic carbocycles. The molecule has 8 rings (SSSR count). The van der Waals surface area contributed by atoms with Gasteiger partial charge in [-0.25, -0.2) is 0 Å². The smallest absolute Gasteiger partial charge is 0.289 e. The standard InChI is InChI=1S/C41H28N3O/c45-38-34-23-13-14-24-36(34)41(31-19-9-3-10-20-31,32-21-11-4-12-22-32)37-27-33(25-26-35(37)38)44-28-42-39(29-15-5-1-6-16-29)43-40(44)30-17-7-2-8-18-30/h1-28H/q+1. The van der Waals surface area contributed by atoms with Crippen LogP contribution in [0.1, 0.15) is 38.2 Å². The molecule has 1 aliphatic carbocycles. The molecule has 1 aliphatic rings. The zero-order chi connectivity index (χ0) is 30.2. The van der Waals surface area contributed by atoms with Crippen LogP contribution in [0.4, 0.5) is 0 Å². The summed E-state index contributed by atoms with van der Waals surface area (Å²) in [6.07, 6.45) is 1.84. The van der Waals surface area contributed by atoms with E-state index >= 15 is 0 Å². The van der Waals surface area contributed by atoms with Crippen molar-refractivity contribution in [1.82, 2.24) is 9.97 Å². The van der Waals surface area contributed by atoms with E-state index in [9.17, 15) is 4.79 Å². The number of ketones is 1. The fourth-order valence-electron chi connectivity index (χ4n) is 6.71. The molecule has 1 heterocycles. The van der Waals surface area contributed by atoms with Gasteiger partial charge >= 0.3 is 5.82 Å². The van der Waals surface area contributed by atoms with Crippen LogP contribution in [-0.4, -0.2) is 15.8 Å². The van der Waals surface area contributed by atoms with Gasteiger partial charge in [0.15, 0.2) is 5.78 Å². The Morgan fingerprint density at radius 3 is 1.69 bits per heavy atom. The molecule has 0 atom stereocenters. The predicted octanol–water partition coefficient (Wildman–Crippen LogP) is 8.01. The topological polar surface area (TPSA) is 46.7 Å². The highest BCUT2D eigenvalue weighted by molar-refractivity contribution is 6.14. The maximum atomic E-state index is 14.2. The van der Waals surface area contributed by atoms with Crippen molar-refractivity contribution < 1.29 is 9.36 Å². The van der Waals surface area contributed by atoms with Crippen molar-refractivity contribution in [3.05, 3.63) is 203 Å². The van der Waals surface area contributed by atoms with Gasteiger partial charge < -0.3 is 0 Å². The first-order chi connectivity index (χ1) is 22.2. The van der Waals surface area contributed by atoms with Crippen molar-refractivity contribution in [2.75, 3.05) is 0 Å². The van der Waals surface area contributed by atoms with E-state index < -0.39 is 5.41 Å². The minimum absolute atomic E-state index is 0.0265. The lowest BCUT2D eigenvalue weighted by atomic mass is 9.59. The Balaban J connectivity index is 1.43. The molecule has 7 aromatic rings. The average molecular weight is 579 g/mol. The highest BCUT2D eigenvalue weighted by atomic mass is 16.1. The van der Waals surface area contributed by atoms with E-state index in [-0.39, 0.29) is 5.78 Å². The van der Waals surface area contributed by atoms with Crippen molar-refractivity contribution >= 4 is 5.78 Å². The maximum absolute atomic E-state index is 14.2. The highest BCUT2D eigenvalue weighted by Crippen LogP contribution is 2.51. The number of nitrogens with zero attached hydrogens (tertiary/aromatic N) is 3. The van der Waals surface area contributed by atoms with Crippen molar-refractivity contribution in [3.8, 4) is 28.5 Å². The molecule has 0 spiro atoms. The number of fused-ring (bicyclic) bond motifs is 2. The molecule has 212 valence electrons. The first kappa shape index (κ1) is 26.6. The second-order valence-electron chi connectivity index (χ2n) is 11.2. The monoisotopic (exact) mass is 578 g/mol. The minimum atomic E-state index is -0.726. The molecule has 0 amide bonds. The molecule has 4 heteroatoms. The third-order valence-electron chi connectivity index (χ3n) is 8.72. The molecule has 4 nitrogen and oxygen atoms in total. The minimum Gasteiger partial charge on any atom is -0.289 e. The Kier molecular flexibility index (Phi) is 6.46. The lowest BCUT2D eigenvalue weighted by Gasteiger charge is -2.41. The Bertz CT molecular complexity index is 2120. The van der Waals surface area contributed by atoms with Crippen molar-refractivity contribution in [2.24, 2.45) is 0 Å². The zero-order valence-corrected chi connectivity index (χ0v) is 24.4. The van der Waals surface area contributed by atoms with E-state index in [2.05, 4.69) is 72.8 Å². The van der Waals surface area contributed by atoms with E-state index in [0.29, 0.717) is 11.4 Å². The summed E-state index contributed by atoms with van der Waals surface area (Å²) < 4.78 is 2.02. The molecule has 1 aromatic heterocycles. The van der Waals surface area contributed by atoms with Gasteiger partial charge in [0.05, 0.1) is 16.5 Å². The summed E-state index contributed by atoms with van der Waals surface area (Å²) in [5.74, 6) is 1.44. The molecule has 0 saturated carbocycles. The number of rotatable bonds is 5. The van der Waals surface area contributed by atoms with Crippen LogP contribution in [0.5, 0.6) is 0 Å². The summed E-state index contributed by atoms with van der Waals surface area (Å²) in [5, 5.41) is 0. The molecule has 0 N–H and O–H groups in total. The van der Waals surface area contributed by atoms with Crippen molar-refractivity contribution in [3.63, 3.8) is 0 Å². The quantitative estimate of drug-likeness (QED) is 0.194. The van der Waals surface area contributed by atoms with Gasteiger partial charge in [0, 0.05) is 11.1 Å². The van der Waals surface area contributed by atoms with Crippen LogP contribution in [-0.2, 0) is 5.41 Å². The predicted molar refractivity (Wildman–Crippen MR) is 176 cm³/mol. The Labute approximate surface area is 262 Å². The van der Waals surface area contributed by atoms with Gasteiger partial charge in [-0.05, 0) is 64.7 Å². The molecule has 0 fully saturated rings. The van der Waals surface area contributed by atoms with Crippen LogP contribution in [0.15, 0.2) is 170 Å². The summed E-state index contributed by atoms with van der Waals surface area (Å²) in [6, 6.07) is 55.3. The Morgan fingerprint density at radius 2 is 1.04 bits per heavy atom.